The van der Waals surface area contributed by atoms with Gasteiger partial charge in [0, 0.05) is 22.3 Å². The van der Waals surface area contributed by atoms with Crippen LogP contribution in [0.4, 0.5) is 0 Å². The van der Waals surface area contributed by atoms with Gasteiger partial charge in [-0.3, -0.25) is 4.79 Å². The fourth-order valence-electron chi connectivity index (χ4n) is 4.46. The van der Waals surface area contributed by atoms with E-state index in [9.17, 15) is 9.59 Å². The van der Waals surface area contributed by atoms with E-state index in [0.29, 0.717) is 37.0 Å². The maximum absolute atomic E-state index is 12.7. The molecular weight excluding hydrogens is 496 g/mol. The van der Waals surface area contributed by atoms with Crippen LogP contribution in [-0.2, 0) is 9.53 Å². The highest BCUT2D eigenvalue weighted by molar-refractivity contribution is 5.89. The molecule has 0 unspecified atom stereocenters. The van der Waals surface area contributed by atoms with Gasteiger partial charge >= 0.3 is 11.9 Å². The van der Waals surface area contributed by atoms with Gasteiger partial charge in [-0.1, -0.05) is 60.1 Å². The predicted molar refractivity (Wildman–Crippen MR) is 155 cm³/mol. The van der Waals surface area contributed by atoms with Gasteiger partial charge in [0.1, 0.15) is 11.9 Å². The first kappa shape index (κ1) is 26.5. The van der Waals surface area contributed by atoms with Crippen molar-refractivity contribution < 1.29 is 19.1 Å². The molecule has 4 heteroatoms. The summed E-state index contributed by atoms with van der Waals surface area (Å²) in [5.74, 6) is 12.1. The summed E-state index contributed by atoms with van der Waals surface area (Å²) in [4.78, 5) is 25.4. The van der Waals surface area contributed by atoms with Crippen LogP contribution in [-0.4, -0.2) is 18.0 Å². The van der Waals surface area contributed by atoms with E-state index in [1.807, 2.05) is 84.9 Å². The Morgan fingerprint density at radius 2 is 1.00 bits per heavy atom. The van der Waals surface area contributed by atoms with Crippen LogP contribution in [0.15, 0.2) is 109 Å². The van der Waals surface area contributed by atoms with Crippen molar-refractivity contribution in [3.8, 4) is 29.4 Å². The molecule has 196 valence electrons. The number of carbonyl (C=O) groups is 2. The molecule has 1 saturated carbocycles. The lowest BCUT2D eigenvalue weighted by Crippen LogP contribution is -2.30. The molecule has 0 saturated heterocycles. The Balaban J connectivity index is 1.07. The Morgan fingerprint density at radius 1 is 0.550 bits per heavy atom. The van der Waals surface area contributed by atoms with E-state index in [4.69, 9.17) is 9.47 Å². The molecule has 0 aliphatic heterocycles. The molecule has 0 heterocycles. The van der Waals surface area contributed by atoms with Crippen LogP contribution in [0.3, 0.4) is 0 Å². The molecule has 1 aliphatic rings. The molecule has 1 fully saturated rings. The number of rotatable bonds is 4. The van der Waals surface area contributed by atoms with Crippen LogP contribution in [0.1, 0.15) is 58.3 Å². The van der Waals surface area contributed by atoms with Crippen molar-refractivity contribution in [1.82, 2.24) is 0 Å². The van der Waals surface area contributed by atoms with Gasteiger partial charge in [-0.15, -0.1) is 0 Å². The molecule has 0 bridgehead atoms. The van der Waals surface area contributed by atoms with Crippen molar-refractivity contribution in [2.45, 2.75) is 31.8 Å². The second kappa shape index (κ2) is 13.1. The maximum atomic E-state index is 12.7. The lowest BCUT2D eigenvalue weighted by Gasteiger charge is -2.27. The van der Waals surface area contributed by atoms with Crippen molar-refractivity contribution in [2.24, 2.45) is 5.92 Å². The molecule has 4 nitrogen and oxygen atoms in total. The summed E-state index contributed by atoms with van der Waals surface area (Å²) in [6, 6.07) is 33.9. The second-order valence-corrected chi connectivity index (χ2v) is 9.63. The molecule has 0 amide bonds. The van der Waals surface area contributed by atoms with E-state index in [0.717, 1.165) is 22.3 Å². The topological polar surface area (TPSA) is 52.6 Å². The van der Waals surface area contributed by atoms with Crippen LogP contribution < -0.4 is 4.74 Å². The van der Waals surface area contributed by atoms with E-state index in [-0.39, 0.29) is 24.0 Å². The number of esters is 2. The summed E-state index contributed by atoms with van der Waals surface area (Å²) in [5, 5.41) is 0. The van der Waals surface area contributed by atoms with Crippen LogP contribution in [0.2, 0.25) is 0 Å². The third-order valence-corrected chi connectivity index (χ3v) is 6.72. The van der Waals surface area contributed by atoms with Crippen LogP contribution in [0.25, 0.3) is 0 Å². The first-order chi connectivity index (χ1) is 19.6. The van der Waals surface area contributed by atoms with E-state index >= 15 is 0 Å². The number of hydrogen-bond donors (Lipinski definition) is 0. The molecule has 4 aromatic rings. The van der Waals surface area contributed by atoms with Crippen LogP contribution in [0.5, 0.6) is 5.75 Å². The first-order valence-corrected chi connectivity index (χ1v) is 13.4. The zero-order valence-electron chi connectivity index (χ0n) is 22.0. The minimum atomic E-state index is -0.357. The van der Waals surface area contributed by atoms with E-state index in [1.54, 1.807) is 24.3 Å². The second-order valence-electron chi connectivity index (χ2n) is 9.63. The molecule has 5 rings (SSSR count). The summed E-state index contributed by atoms with van der Waals surface area (Å²) in [5.41, 5.74) is 4.05. The summed E-state index contributed by atoms with van der Waals surface area (Å²) in [6.45, 7) is 0. The Kier molecular flexibility index (Phi) is 8.72. The summed E-state index contributed by atoms with van der Waals surface area (Å²) < 4.78 is 11.3. The molecule has 0 N–H and O–H groups in total. The normalized spacial score (nSPS) is 15.9. The molecular formula is C36H28O4. The van der Waals surface area contributed by atoms with Crippen molar-refractivity contribution in [1.29, 1.82) is 0 Å². The number of ether oxygens (including phenoxy) is 2. The van der Waals surface area contributed by atoms with Crippen molar-refractivity contribution in [2.75, 3.05) is 0 Å². The van der Waals surface area contributed by atoms with E-state index in [1.165, 1.54) is 0 Å². The zero-order chi connectivity index (χ0) is 27.6. The van der Waals surface area contributed by atoms with Crippen molar-refractivity contribution >= 4 is 11.9 Å². The van der Waals surface area contributed by atoms with Crippen molar-refractivity contribution in [3.63, 3.8) is 0 Å². The minimum absolute atomic E-state index is 0.212. The largest absolute Gasteiger partial charge is 0.459 e. The lowest BCUT2D eigenvalue weighted by molar-refractivity contribution is -0.140. The molecule has 0 atom stereocenters. The standard InChI is InChI=1S/C36H28O4/c37-35(31-19-15-29(16-20-31)13-11-27-7-3-1-4-8-27)40-34-25-21-32(22-26-34)36(38)39-33-23-17-30(18-24-33)14-12-28-9-5-2-6-10-28/h1-10,15-20,23-24,32,34H,21-22,25-26H2. The van der Waals surface area contributed by atoms with Crippen molar-refractivity contribution in [3.05, 3.63) is 137 Å². The minimum Gasteiger partial charge on any atom is -0.459 e. The third-order valence-electron chi connectivity index (χ3n) is 6.72. The predicted octanol–water partition coefficient (Wildman–Crippen LogP) is 6.81. The highest BCUT2D eigenvalue weighted by Crippen LogP contribution is 2.28. The van der Waals surface area contributed by atoms with Gasteiger partial charge < -0.3 is 9.47 Å². The molecule has 1 aliphatic carbocycles. The summed E-state index contributed by atoms with van der Waals surface area (Å²) in [7, 11) is 0. The molecule has 40 heavy (non-hydrogen) atoms. The van der Waals surface area contributed by atoms with Gasteiger partial charge in [-0.05, 0) is 98.5 Å². The van der Waals surface area contributed by atoms with Gasteiger partial charge in [-0.2, -0.15) is 0 Å². The molecule has 4 aromatic carbocycles. The highest BCUT2D eigenvalue weighted by atomic mass is 16.5. The number of carbonyl (C=O) groups excluding carboxylic acids is 2. The molecule has 0 spiro atoms. The average Bonchev–Trinajstić information content (AvgIpc) is 3.01. The Bertz CT molecular complexity index is 1560. The van der Waals surface area contributed by atoms with Crippen LogP contribution in [0, 0.1) is 29.6 Å². The highest BCUT2D eigenvalue weighted by Gasteiger charge is 2.29. The third kappa shape index (κ3) is 7.50. The fraction of sp³-hybridized carbons (Fsp3) is 0.167. The lowest BCUT2D eigenvalue weighted by atomic mass is 9.87. The van der Waals surface area contributed by atoms with Gasteiger partial charge in [0.05, 0.1) is 11.5 Å². The van der Waals surface area contributed by atoms with Gasteiger partial charge in [0.15, 0.2) is 0 Å². The van der Waals surface area contributed by atoms with E-state index in [2.05, 4.69) is 23.7 Å². The van der Waals surface area contributed by atoms with E-state index < -0.39 is 0 Å². The summed E-state index contributed by atoms with van der Waals surface area (Å²) >= 11 is 0. The quantitative estimate of drug-likeness (QED) is 0.167. The van der Waals surface area contributed by atoms with Crippen LogP contribution >= 0.6 is 0 Å². The summed E-state index contributed by atoms with van der Waals surface area (Å²) in [6.07, 6.45) is 2.27. The smallest absolute Gasteiger partial charge is 0.338 e. The fourth-order valence-corrected chi connectivity index (χ4v) is 4.46. The average molecular weight is 525 g/mol. The molecule has 0 radical (unpaired) electrons. The SMILES string of the molecule is O=C(OC1CCC(C(=O)Oc2ccc(C#Cc3ccccc3)cc2)CC1)c1ccc(C#Cc2ccccc2)cc1. The first-order valence-electron chi connectivity index (χ1n) is 13.4. The zero-order valence-corrected chi connectivity index (χ0v) is 22.0. The molecule has 0 aromatic heterocycles. The Labute approximate surface area is 235 Å². The Hall–Kier alpha value is -5.06. The number of benzene rings is 4. The monoisotopic (exact) mass is 524 g/mol. The van der Waals surface area contributed by atoms with Gasteiger partial charge in [-0.25, -0.2) is 4.79 Å². The Morgan fingerprint density at radius 3 is 1.50 bits per heavy atom. The maximum Gasteiger partial charge on any atom is 0.338 e. The van der Waals surface area contributed by atoms with Gasteiger partial charge in [0.25, 0.3) is 0 Å². The van der Waals surface area contributed by atoms with Gasteiger partial charge in [0.2, 0.25) is 0 Å². The number of hydrogen-bond acceptors (Lipinski definition) is 4.